The molecule has 1 N–H and O–H groups in total. The Kier molecular flexibility index (Phi) is 3.04. The average molecular weight is 233 g/mol. The normalized spacial score (nSPS) is 10.2. The van der Waals surface area contributed by atoms with Gasteiger partial charge in [-0.05, 0) is 13.0 Å². The summed E-state index contributed by atoms with van der Waals surface area (Å²) in [4.78, 5) is 14.6. The molecule has 0 saturated heterocycles. The van der Waals surface area contributed by atoms with Crippen LogP contribution in [-0.4, -0.2) is 16.5 Å². The molecular formula is C11H11N3O3. The number of aromatic nitrogens is 1. The lowest BCUT2D eigenvalue weighted by Crippen LogP contribution is -2.01. The molecule has 2 aromatic rings. The topological polar surface area (TPSA) is 81.2 Å². The van der Waals surface area contributed by atoms with E-state index in [1.54, 1.807) is 6.07 Å². The number of pyridine rings is 1. The molecule has 2 rings (SSSR count). The van der Waals surface area contributed by atoms with Gasteiger partial charge in [0.2, 0.25) is 0 Å². The number of nitrogens with zero attached hydrogens (tertiary/aromatic N) is 2. The molecule has 0 amide bonds. The highest BCUT2D eigenvalue weighted by Crippen LogP contribution is 2.25. The molecule has 2 aromatic heterocycles. The van der Waals surface area contributed by atoms with Gasteiger partial charge in [0.05, 0.1) is 29.2 Å². The fourth-order valence-electron chi connectivity index (χ4n) is 1.45. The molecule has 0 aliphatic rings. The first-order valence-electron chi connectivity index (χ1n) is 5.13. The van der Waals surface area contributed by atoms with Gasteiger partial charge < -0.3 is 9.73 Å². The highest BCUT2D eigenvalue weighted by atomic mass is 16.6. The Labute approximate surface area is 97.4 Å². The number of hydrogen-bond donors (Lipinski definition) is 1. The number of furan rings is 1. The van der Waals surface area contributed by atoms with Crippen molar-refractivity contribution >= 4 is 11.5 Å². The van der Waals surface area contributed by atoms with Crippen molar-refractivity contribution in [3.05, 3.63) is 40.8 Å². The summed E-state index contributed by atoms with van der Waals surface area (Å²) in [6.07, 6.45) is 3.00. The molecule has 0 spiro atoms. The van der Waals surface area contributed by atoms with E-state index in [0.717, 1.165) is 0 Å². The Morgan fingerprint density at radius 1 is 1.53 bits per heavy atom. The molecule has 6 nitrogen and oxygen atoms in total. The van der Waals surface area contributed by atoms with E-state index in [-0.39, 0.29) is 5.69 Å². The van der Waals surface area contributed by atoms with E-state index in [2.05, 4.69) is 10.3 Å². The first-order valence-corrected chi connectivity index (χ1v) is 5.13. The maximum atomic E-state index is 10.8. The SMILES string of the molecule is CCNc1cc([N+](=O)[O-])cc(-c2ccoc2)n1. The summed E-state index contributed by atoms with van der Waals surface area (Å²) in [6, 6.07) is 4.54. The number of hydrogen-bond acceptors (Lipinski definition) is 5. The van der Waals surface area contributed by atoms with Gasteiger partial charge in [0, 0.05) is 18.2 Å². The second-order valence-electron chi connectivity index (χ2n) is 3.40. The monoisotopic (exact) mass is 233 g/mol. The average Bonchev–Trinajstić information content (AvgIpc) is 2.82. The highest BCUT2D eigenvalue weighted by molar-refractivity contribution is 5.64. The molecule has 0 atom stereocenters. The van der Waals surface area contributed by atoms with Crippen LogP contribution in [0.3, 0.4) is 0 Å². The lowest BCUT2D eigenvalue weighted by Gasteiger charge is -2.04. The number of nitrogens with one attached hydrogen (secondary N) is 1. The third-order valence-corrected chi connectivity index (χ3v) is 2.20. The number of nitro groups is 1. The van der Waals surface area contributed by atoms with Gasteiger partial charge in [-0.15, -0.1) is 0 Å². The van der Waals surface area contributed by atoms with Gasteiger partial charge in [0.1, 0.15) is 5.82 Å². The summed E-state index contributed by atoms with van der Waals surface area (Å²) in [5.74, 6) is 0.484. The van der Waals surface area contributed by atoms with E-state index in [1.807, 2.05) is 6.92 Å². The van der Waals surface area contributed by atoms with Crippen LogP contribution in [0.4, 0.5) is 11.5 Å². The van der Waals surface area contributed by atoms with Gasteiger partial charge in [-0.2, -0.15) is 0 Å². The van der Waals surface area contributed by atoms with Crippen LogP contribution >= 0.6 is 0 Å². The molecule has 0 radical (unpaired) electrons. The van der Waals surface area contributed by atoms with E-state index in [0.29, 0.717) is 23.6 Å². The third-order valence-electron chi connectivity index (χ3n) is 2.20. The fraction of sp³-hybridized carbons (Fsp3) is 0.182. The lowest BCUT2D eigenvalue weighted by molar-refractivity contribution is -0.384. The summed E-state index contributed by atoms with van der Waals surface area (Å²) >= 11 is 0. The van der Waals surface area contributed by atoms with E-state index in [9.17, 15) is 10.1 Å². The highest BCUT2D eigenvalue weighted by Gasteiger charge is 2.12. The molecule has 0 unspecified atom stereocenters. The molecule has 6 heteroatoms. The van der Waals surface area contributed by atoms with Crippen LogP contribution in [0.5, 0.6) is 0 Å². The summed E-state index contributed by atoms with van der Waals surface area (Å²) < 4.78 is 4.94. The molecule has 0 aliphatic heterocycles. The summed E-state index contributed by atoms with van der Waals surface area (Å²) in [5, 5.41) is 13.8. The molecule has 0 aromatic carbocycles. The summed E-state index contributed by atoms with van der Waals surface area (Å²) in [5.41, 5.74) is 1.24. The van der Waals surface area contributed by atoms with E-state index in [1.165, 1.54) is 24.7 Å². The van der Waals surface area contributed by atoms with Gasteiger partial charge in [0.15, 0.2) is 0 Å². The molecule has 2 heterocycles. The Morgan fingerprint density at radius 2 is 2.35 bits per heavy atom. The van der Waals surface area contributed by atoms with Crippen LogP contribution in [0.1, 0.15) is 6.92 Å². The van der Waals surface area contributed by atoms with Crippen molar-refractivity contribution in [1.29, 1.82) is 0 Å². The van der Waals surface area contributed by atoms with Gasteiger partial charge in [-0.1, -0.05) is 0 Å². The second kappa shape index (κ2) is 4.65. The van der Waals surface area contributed by atoms with Crippen molar-refractivity contribution in [2.45, 2.75) is 6.92 Å². The molecule has 0 fully saturated rings. The van der Waals surface area contributed by atoms with Crippen LogP contribution in [0, 0.1) is 10.1 Å². The maximum absolute atomic E-state index is 10.8. The van der Waals surface area contributed by atoms with Crippen molar-refractivity contribution < 1.29 is 9.34 Å². The van der Waals surface area contributed by atoms with Crippen molar-refractivity contribution in [1.82, 2.24) is 4.98 Å². The zero-order chi connectivity index (χ0) is 12.3. The largest absolute Gasteiger partial charge is 0.472 e. The molecular weight excluding hydrogens is 222 g/mol. The van der Waals surface area contributed by atoms with Crippen molar-refractivity contribution in [3.63, 3.8) is 0 Å². The number of anilines is 1. The molecule has 0 saturated carbocycles. The quantitative estimate of drug-likeness (QED) is 0.648. The van der Waals surface area contributed by atoms with Crippen molar-refractivity contribution in [3.8, 4) is 11.3 Å². The van der Waals surface area contributed by atoms with E-state index in [4.69, 9.17) is 4.42 Å². The molecule has 0 bridgehead atoms. The molecule has 17 heavy (non-hydrogen) atoms. The van der Waals surface area contributed by atoms with Crippen LogP contribution in [0.2, 0.25) is 0 Å². The minimum atomic E-state index is -0.438. The maximum Gasteiger partial charge on any atom is 0.275 e. The summed E-state index contributed by atoms with van der Waals surface area (Å²) in [7, 11) is 0. The van der Waals surface area contributed by atoms with Crippen molar-refractivity contribution in [2.24, 2.45) is 0 Å². The number of rotatable bonds is 4. The third kappa shape index (κ3) is 2.41. The first-order chi connectivity index (χ1) is 8.20. The van der Waals surface area contributed by atoms with Gasteiger partial charge >= 0.3 is 0 Å². The van der Waals surface area contributed by atoms with Crippen LogP contribution in [0.25, 0.3) is 11.3 Å². The van der Waals surface area contributed by atoms with Gasteiger partial charge in [-0.25, -0.2) is 4.98 Å². The zero-order valence-corrected chi connectivity index (χ0v) is 9.21. The fourth-order valence-corrected chi connectivity index (χ4v) is 1.45. The molecule has 88 valence electrons. The predicted octanol–water partition coefficient (Wildman–Crippen LogP) is 2.68. The Balaban J connectivity index is 2.48. The standard InChI is InChI=1S/C11H11N3O3/c1-2-12-11-6-9(14(15)16)5-10(13-11)8-3-4-17-7-8/h3-7H,2H2,1H3,(H,12,13). The molecule has 0 aliphatic carbocycles. The Bertz CT molecular complexity index is 523. The smallest absolute Gasteiger partial charge is 0.275 e. The van der Waals surface area contributed by atoms with Crippen LogP contribution in [0.15, 0.2) is 35.1 Å². The van der Waals surface area contributed by atoms with Gasteiger partial charge in [0.25, 0.3) is 5.69 Å². The van der Waals surface area contributed by atoms with Crippen LogP contribution in [-0.2, 0) is 0 Å². The zero-order valence-electron chi connectivity index (χ0n) is 9.21. The first kappa shape index (κ1) is 11.1. The second-order valence-corrected chi connectivity index (χ2v) is 3.40. The van der Waals surface area contributed by atoms with Crippen molar-refractivity contribution in [2.75, 3.05) is 11.9 Å². The Morgan fingerprint density at radius 3 is 2.94 bits per heavy atom. The Hall–Kier alpha value is -2.37. The van der Waals surface area contributed by atoms with Gasteiger partial charge in [-0.3, -0.25) is 10.1 Å². The summed E-state index contributed by atoms with van der Waals surface area (Å²) in [6.45, 7) is 2.55. The van der Waals surface area contributed by atoms with E-state index < -0.39 is 4.92 Å². The predicted molar refractivity (Wildman–Crippen MR) is 62.8 cm³/mol. The van der Waals surface area contributed by atoms with Crippen LogP contribution < -0.4 is 5.32 Å². The minimum Gasteiger partial charge on any atom is -0.472 e. The lowest BCUT2D eigenvalue weighted by atomic mass is 10.2. The van der Waals surface area contributed by atoms with E-state index >= 15 is 0 Å². The minimum absolute atomic E-state index is 0.00662.